The third-order valence-corrected chi connectivity index (χ3v) is 4.64. The van der Waals surface area contributed by atoms with E-state index in [0.717, 1.165) is 18.3 Å². The molecule has 4 heteroatoms. The fraction of sp³-hybridized carbons (Fsp3) is 0.833. The molecular formula is C12H21N3S. The van der Waals surface area contributed by atoms with Crippen molar-refractivity contribution >= 4 is 16.9 Å². The number of nitriles is 1. The first kappa shape index (κ1) is 13.4. The Hall–Kier alpha value is -0.690. The van der Waals surface area contributed by atoms with Crippen LogP contribution in [0.3, 0.4) is 0 Å². The van der Waals surface area contributed by atoms with E-state index in [4.69, 9.17) is 5.26 Å². The van der Waals surface area contributed by atoms with E-state index in [2.05, 4.69) is 23.7 Å². The Morgan fingerprint density at radius 1 is 1.38 bits per heavy atom. The minimum Gasteiger partial charge on any atom is -0.351 e. The highest BCUT2D eigenvalue weighted by Gasteiger charge is 2.32. The maximum atomic E-state index is 8.62. The topological polar surface area (TPSA) is 39.4 Å². The van der Waals surface area contributed by atoms with Gasteiger partial charge in [0.05, 0.1) is 0 Å². The average molecular weight is 239 g/mol. The summed E-state index contributed by atoms with van der Waals surface area (Å²) in [5.41, 5.74) is 0.534. The van der Waals surface area contributed by atoms with E-state index in [1.165, 1.54) is 25.7 Å². The van der Waals surface area contributed by atoms with Crippen LogP contribution in [-0.4, -0.2) is 29.4 Å². The van der Waals surface area contributed by atoms with E-state index in [9.17, 15) is 0 Å². The molecule has 0 radical (unpaired) electrons. The first-order chi connectivity index (χ1) is 7.71. The van der Waals surface area contributed by atoms with Gasteiger partial charge in [-0.25, -0.2) is 0 Å². The number of hydrogen-bond donors (Lipinski definition) is 0. The Morgan fingerprint density at radius 3 is 2.31 bits per heavy atom. The summed E-state index contributed by atoms with van der Waals surface area (Å²) in [6.07, 6.45) is 8.86. The van der Waals surface area contributed by atoms with E-state index in [0.29, 0.717) is 5.41 Å². The van der Waals surface area contributed by atoms with Crippen molar-refractivity contribution in [2.45, 2.75) is 39.5 Å². The largest absolute Gasteiger partial charge is 0.351 e. The van der Waals surface area contributed by atoms with Gasteiger partial charge in [0, 0.05) is 13.1 Å². The van der Waals surface area contributed by atoms with Gasteiger partial charge in [-0.1, -0.05) is 38.5 Å². The third-order valence-electron chi connectivity index (χ3n) is 3.92. The lowest BCUT2D eigenvalue weighted by Gasteiger charge is -2.41. The quantitative estimate of drug-likeness (QED) is 0.422. The molecule has 0 spiro atoms. The molecule has 0 aliphatic carbocycles. The second-order valence-corrected chi connectivity index (χ2v) is 5.17. The molecule has 1 aliphatic rings. The number of nitrogens with zero attached hydrogens (tertiary/aromatic N) is 3. The van der Waals surface area contributed by atoms with Crippen LogP contribution in [0.25, 0.3) is 0 Å². The molecule has 1 heterocycles. The van der Waals surface area contributed by atoms with E-state index in [1.807, 2.05) is 12.4 Å². The smallest absolute Gasteiger partial charge is 0.208 e. The van der Waals surface area contributed by atoms with E-state index in [1.54, 1.807) is 11.8 Å². The van der Waals surface area contributed by atoms with Gasteiger partial charge in [0.2, 0.25) is 6.19 Å². The van der Waals surface area contributed by atoms with Crippen molar-refractivity contribution in [2.24, 2.45) is 10.4 Å². The molecule has 3 nitrogen and oxygen atoms in total. The highest BCUT2D eigenvalue weighted by atomic mass is 32.2. The molecule has 90 valence electrons. The van der Waals surface area contributed by atoms with Gasteiger partial charge in [-0.15, -0.1) is 4.99 Å². The Labute approximate surface area is 103 Å². The molecule has 0 unspecified atom stereocenters. The summed E-state index contributed by atoms with van der Waals surface area (Å²) in [6.45, 7) is 6.67. The maximum Gasteiger partial charge on any atom is 0.208 e. The summed E-state index contributed by atoms with van der Waals surface area (Å²) in [5, 5.41) is 9.49. The number of aliphatic imine (C=N–C) groups is 1. The van der Waals surface area contributed by atoms with Crippen molar-refractivity contribution in [3.63, 3.8) is 0 Å². The molecule has 1 rings (SSSR count). The molecule has 0 amide bonds. The fourth-order valence-corrected chi connectivity index (χ4v) is 2.99. The van der Waals surface area contributed by atoms with Gasteiger partial charge in [-0.2, -0.15) is 5.26 Å². The highest BCUT2D eigenvalue weighted by Crippen LogP contribution is 2.38. The van der Waals surface area contributed by atoms with Gasteiger partial charge in [0.15, 0.2) is 5.17 Å². The number of hydrogen-bond acceptors (Lipinski definition) is 3. The van der Waals surface area contributed by atoms with Crippen LogP contribution in [0.5, 0.6) is 0 Å². The summed E-state index contributed by atoms with van der Waals surface area (Å²) in [4.78, 5) is 6.12. The van der Waals surface area contributed by atoms with Crippen LogP contribution < -0.4 is 0 Å². The van der Waals surface area contributed by atoms with Crippen LogP contribution in [0.2, 0.25) is 0 Å². The van der Waals surface area contributed by atoms with Crippen LogP contribution in [0.15, 0.2) is 4.99 Å². The van der Waals surface area contributed by atoms with Crippen molar-refractivity contribution in [3.8, 4) is 6.19 Å². The first-order valence-electron chi connectivity index (χ1n) is 5.97. The Morgan fingerprint density at radius 2 is 1.94 bits per heavy atom. The van der Waals surface area contributed by atoms with Gasteiger partial charge >= 0.3 is 0 Å². The molecule has 0 aromatic carbocycles. The van der Waals surface area contributed by atoms with Crippen LogP contribution in [0, 0.1) is 16.9 Å². The lowest BCUT2D eigenvalue weighted by atomic mass is 9.74. The Kier molecular flexibility index (Phi) is 5.14. The molecule has 0 atom stereocenters. The minimum absolute atomic E-state index is 0.534. The SMILES string of the molecule is CCC1(CC)CCN(C(=NC#N)SC)CC1. The van der Waals surface area contributed by atoms with Gasteiger partial charge in [0.25, 0.3) is 0 Å². The maximum absolute atomic E-state index is 8.62. The van der Waals surface area contributed by atoms with E-state index >= 15 is 0 Å². The fourth-order valence-electron chi connectivity index (χ4n) is 2.42. The molecular weight excluding hydrogens is 218 g/mol. The summed E-state index contributed by atoms with van der Waals surface area (Å²) < 4.78 is 0. The second-order valence-electron chi connectivity index (χ2n) is 4.39. The zero-order valence-electron chi connectivity index (χ0n) is 10.5. The van der Waals surface area contributed by atoms with E-state index in [-0.39, 0.29) is 0 Å². The normalized spacial score (nSPS) is 20.6. The van der Waals surface area contributed by atoms with Crippen LogP contribution >= 0.6 is 11.8 Å². The van der Waals surface area contributed by atoms with E-state index < -0.39 is 0 Å². The van der Waals surface area contributed by atoms with Crippen molar-refractivity contribution < 1.29 is 0 Å². The predicted molar refractivity (Wildman–Crippen MR) is 70.4 cm³/mol. The monoisotopic (exact) mass is 239 g/mol. The number of piperidine rings is 1. The lowest BCUT2D eigenvalue weighted by molar-refractivity contribution is 0.137. The number of thioether (sulfide) groups is 1. The van der Waals surface area contributed by atoms with Crippen molar-refractivity contribution in [1.29, 1.82) is 5.26 Å². The number of rotatable bonds is 2. The summed E-state index contributed by atoms with van der Waals surface area (Å²) in [6, 6.07) is 0. The lowest BCUT2D eigenvalue weighted by Crippen LogP contribution is -2.41. The molecule has 0 N–H and O–H groups in total. The summed E-state index contributed by atoms with van der Waals surface area (Å²) in [7, 11) is 0. The molecule has 0 aromatic rings. The van der Waals surface area contributed by atoms with Gasteiger partial charge in [-0.05, 0) is 24.5 Å². The van der Waals surface area contributed by atoms with Crippen molar-refractivity contribution in [1.82, 2.24) is 4.90 Å². The van der Waals surface area contributed by atoms with Gasteiger partial charge in [0.1, 0.15) is 0 Å². The Bertz CT molecular complexity index is 279. The predicted octanol–water partition coefficient (Wildman–Crippen LogP) is 3.09. The average Bonchev–Trinajstić information content (AvgIpc) is 2.36. The van der Waals surface area contributed by atoms with Crippen LogP contribution in [0.4, 0.5) is 0 Å². The molecule has 16 heavy (non-hydrogen) atoms. The molecule has 1 fully saturated rings. The molecule has 0 saturated carbocycles. The first-order valence-corrected chi connectivity index (χ1v) is 7.19. The summed E-state index contributed by atoms with van der Waals surface area (Å²) >= 11 is 1.57. The molecule has 1 saturated heterocycles. The highest BCUT2D eigenvalue weighted by molar-refractivity contribution is 8.13. The second kappa shape index (κ2) is 6.15. The Balaban J connectivity index is 2.61. The number of likely N-dealkylation sites (tertiary alicyclic amines) is 1. The molecule has 0 bridgehead atoms. The van der Waals surface area contributed by atoms with Crippen molar-refractivity contribution in [2.75, 3.05) is 19.3 Å². The minimum atomic E-state index is 0.534. The van der Waals surface area contributed by atoms with Crippen molar-refractivity contribution in [3.05, 3.63) is 0 Å². The molecule has 1 aliphatic heterocycles. The van der Waals surface area contributed by atoms with Gasteiger partial charge in [-0.3, -0.25) is 0 Å². The zero-order chi connectivity index (χ0) is 12.0. The zero-order valence-corrected chi connectivity index (χ0v) is 11.3. The van der Waals surface area contributed by atoms with Gasteiger partial charge < -0.3 is 4.90 Å². The number of amidine groups is 1. The molecule has 0 aromatic heterocycles. The van der Waals surface area contributed by atoms with Crippen LogP contribution in [0.1, 0.15) is 39.5 Å². The van der Waals surface area contributed by atoms with Crippen LogP contribution in [-0.2, 0) is 0 Å². The summed E-state index contributed by atoms with van der Waals surface area (Å²) in [5.74, 6) is 0. The third kappa shape index (κ3) is 2.91. The standard InChI is InChI=1S/C12H21N3S/c1-4-12(5-2)6-8-15(9-7-12)11(16-3)14-10-13/h4-9H2,1-3H3.